The Labute approximate surface area is 180 Å². The van der Waals surface area contributed by atoms with E-state index in [-0.39, 0.29) is 23.2 Å². The fourth-order valence-corrected chi connectivity index (χ4v) is 4.45. The molecular formula is C22H20ClF2N5O. The van der Waals surface area contributed by atoms with Crippen LogP contribution in [0.4, 0.5) is 14.5 Å². The largest absolute Gasteiger partial charge is 0.379 e. The van der Waals surface area contributed by atoms with Gasteiger partial charge in [-0.1, -0.05) is 24.4 Å². The summed E-state index contributed by atoms with van der Waals surface area (Å²) in [5.41, 5.74) is 7.91. The van der Waals surface area contributed by atoms with Gasteiger partial charge < -0.3 is 21.0 Å². The van der Waals surface area contributed by atoms with Crippen LogP contribution in [-0.2, 0) is 0 Å². The highest BCUT2D eigenvalue weighted by Crippen LogP contribution is 2.34. The van der Waals surface area contributed by atoms with Crippen molar-refractivity contribution < 1.29 is 8.78 Å². The fraction of sp³-hybridized carbons (Fsp3) is 0.273. The van der Waals surface area contributed by atoms with Gasteiger partial charge in [-0.3, -0.25) is 4.79 Å². The third-order valence-corrected chi connectivity index (χ3v) is 6.12. The second-order valence-corrected chi connectivity index (χ2v) is 8.40. The number of nitrogens with zero attached hydrogens (tertiary/aromatic N) is 1. The molecule has 2 aromatic heterocycles. The van der Waals surface area contributed by atoms with Crippen LogP contribution in [0.1, 0.15) is 25.7 Å². The third-order valence-electron chi connectivity index (χ3n) is 5.89. The zero-order valence-electron chi connectivity index (χ0n) is 16.4. The van der Waals surface area contributed by atoms with Gasteiger partial charge in [0.25, 0.3) is 5.56 Å². The molecule has 5 rings (SSSR count). The van der Waals surface area contributed by atoms with Crippen molar-refractivity contribution in [3.8, 4) is 11.4 Å². The van der Waals surface area contributed by atoms with Gasteiger partial charge in [-0.25, -0.2) is 13.8 Å². The molecule has 0 saturated heterocycles. The van der Waals surface area contributed by atoms with Crippen molar-refractivity contribution in [1.29, 1.82) is 0 Å². The Kier molecular flexibility index (Phi) is 4.91. The lowest BCUT2D eigenvalue weighted by atomic mass is 9.90. The average molecular weight is 444 g/mol. The number of aromatic amines is 2. The average Bonchev–Trinajstić information content (AvgIpc) is 3.13. The van der Waals surface area contributed by atoms with E-state index in [1.165, 1.54) is 0 Å². The van der Waals surface area contributed by atoms with Crippen LogP contribution in [0.2, 0.25) is 5.02 Å². The highest BCUT2D eigenvalue weighted by atomic mass is 35.5. The van der Waals surface area contributed by atoms with Crippen LogP contribution >= 0.6 is 11.6 Å². The summed E-state index contributed by atoms with van der Waals surface area (Å²) < 4.78 is 28.0. The maximum atomic E-state index is 14.2. The molecule has 1 fully saturated rings. The van der Waals surface area contributed by atoms with Crippen molar-refractivity contribution >= 4 is 39.2 Å². The van der Waals surface area contributed by atoms with E-state index in [1.54, 1.807) is 18.2 Å². The minimum Gasteiger partial charge on any atom is -0.379 e. The van der Waals surface area contributed by atoms with Crippen molar-refractivity contribution in [3.63, 3.8) is 0 Å². The van der Waals surface area contributed by atoms with Gasteiger partial charge in [0, 0.05) is 28.6 Å². The molecule has 0 spiro atoms. The number of imidazole rings is 1. The van der Waals surface area contributed by atoms with Gasteiger partial charge in [0.2, 0.25) is 0 Å². The summed E-state index contributed by atoms with van der Waals surface area (Å²) in [6.45, 7) is 0. The number of aromatic nitrogens is 3. The number of halogens is 3. The predicted octanol–water partition coefficient (Wildman–Crippen LogP) is 4.68. The minimum atomic E-state index is -1.03. The van der Waals surface area contributed by atoms with Crippen LogP contribution in [0, 0.1) is 11.6 Å². The minimum absolute atomic E-state index is 0.107. The number of H-pyrrole nitrogens is 2. The smallest absolute Gasteiger partial charge is 0.261 e. The van der Waals surface area contributed by atoms with Crippen LogP contribution in [0.3, 0.4) is 0 Å². The Bertz CT molecular complexity index is 1370. The maximum Gasteiger partial charge on any atom is 0.261 e. The monoisotopic (exact) mass is 443 g/mol. The molecule has 0 aliphatic heterocycles. The van der Waals surface area contributed by atoms with E-state index in [2.05, 4.69) is 20.3 Å². The van der Waals surface area contributed by atoms with Crippen molar-refractivity contribution in [2.75, 3.05) is 5.32 Å². The van der Waals surface area contributed by atoms with Crippen molar-refractivity contribution in [3.05, 3.63) is 57.3 Å². The Morgan fingerprint density at radius 2 is 1.84 bits per heavy atom. The van der Waals surface area contributed by atoms with Gasteiger partial charge in [0.15, 0.2) is 11.6 Å². The van der Waals surface area contributed by atoms with Crippen molar-refractivity contribution in [2.45, 2.75) is 37.8 Å². The van der Waals surface area contributed by atoms with Gasteiger partial charge in [0.1, 0.15) is 11.4 Å². The van der Waals surface area contributed by atoms with Crippen LogP contribution in [0.15, 0.2) is 35.1 Å². The van der Waals surface area contributed by atoms with E-state index in [9.17, 15) is 13.6 Å². The molecule has 0 unspecified atom stereocenters. The predicted molar refractivity (Wildman–Crippen MR) is 118 cm³/mol. The first-order chi connectivity index (χ1) is 14.9. The molecule has 5 N–H and O–H groups in total. The van der Waals surface area contributed by atoms with Crippen LogP contribution in [-0.4, -0.2) is 27.0 Å². The molecule has 1 saturated carbocycles. The summed E-state index contributed by atoms with van der Waals surface area (Å²) >= 11 is 6.07. The highest BCUT2D eigenvalue weighted by Gasteiger charge is 2.26. The molecule has 31 heavy (non-hydrogen) atoms. The molecule has 1 aliphatic rings. The van der Waals surface area contributed by atoms with Crippen LogP contribution in [0.25, 0.3) is 33.3 Å². The molecule has 0 radical (unpaired) electrons. The van der Waals surface area contributed by atoms with Gasteiger partial charge in [-0.15, -0.1) is 0 Å². The molecular weight excluding hydrogens is 424 g/mol. The molecule has 0 amide bonds. The highest BCUT2D eigenvalue weighted by molar-refractivity contribution is 6.31. The van der Waals surface area contributed by atoms with Crippen molar-refractivity contribution in [1.82, 2.24) is 15.0 Å². The number of rotatable bonds is 3. The van der Waals surface area contributed by atoms with Crippen LogP contribution in [0.5, 0.6) is 0 Å². The number of nitrogens with two attached hydrogens (primary N) is 1. The molecule has 9 heteroatoms. The summed E-state index contributed by atoms with van der Waals surface area (Å²) in [5.74, 6) is -1.73. The fourth-order valence-electron chi connectivity index (χ4n) is 4.29. The van der Waals surface area contributed by atoms with E-state index in [0.717, 1.165) is 37.8 Å². The summed E-state index contributed by atoms with van der Waals surface area (Å²) in [7, 11) is 0. The lowest BCUT2D eigenvalue weighted by Gasteiger charge is -2.31. The lowest BCUT2D eigenvalue weighted by molar-refractivity contribution is 0.404. The summed E-state index contributed by atoms with van der Waals surface area (Å²) in [6.07, 6.45) is 3.69. The first kappa shape index (κ1) is 20.0. The number of hydrogen-bond donors (Lipinski definition) is 4. The third kappa shape index (κ3) is 3.55. The van der Waals surface area contributed by atoms with Gasteiger partial charge in [0.05, 0.1) is 22.2 Å². The molecule has 2 aromatic carbocycles. The number of pyridine rings is 1. The molecule has 1 aliphatic carbocycles. The number of nitrogens with one attached hydrogen (secondary N) is 3. The van der Waals surface area contributed by atoms with Crippen LogP contribution < -0.4 is 16.6 Å². The van der Waals surface area contributed by atoms with Gasteiger partial charge in [-0.2, -0.15) is 0 Å². The zero-order valence-corrected chi connectivity index (χ0v) is 17.2. The zero-order chi connectivity index (χ0) is 21.7. The van der Waals surface area contributed by atoms with Gasteiger partial charge in [-0.05, 0) is 37.1 Å². The quantitative estimate of drug-likeness (QED) is 0.369. The Morgan fingerprint density at radius 1 is 1.06 bits per heavy atom. The standard InChI is InChI=1S/C22H20ClF2N5O/c23-10-5-6-16-18(7-10)29-21(28-16)19-20(27-15-4-2-1-3-14(15)26)11-8-12(24)13(25)9-17(11)30-22(19)31/h5-9,14-15H,1-4,26H2,(H,28,29)(H2,27,30,31)/t14-,15-/m1/s1. The van der Waals surface area contributed by atoms with E-state index >= 15 is 0 Å². The lowest BCUT2D eigenvalue weighted by Crippen LogP contribution is -2.43. The second-order valence-electron chi connectivity index (χ2n) is 7.96. The first-order valence-corrected chi connectivity index (χ1v) is 10.5. The Morgan fingerprint density at radius 3 is 2.65 bits per heavy atom. The molecule has 2 heterocycles. The normalized spacial score (nSPS) is 19.2. The number of anilines is 1. The number of benzene rings is 2. The molecule has 0 bridgehead atoms. The van der Waals surface area contributed by atoms with E-state index in [4.69, 9.17) is 17.3 Å². The molecule has 2 atom stereocenters. The Hall–Kier alpha value is -2.97. The summed E-state index contributed by atoms with van der Waals surface area (Å²) in [4.78, 5) is 23.4. The van der Waals surface area contributed by atoms with E-state index < -0.39 is 17.2 Å². The Balaban J connectivity index is 1.76. The molecule has 6 nitrogen and oxygen atoms in total. The summed E-state index contributed by atoms with van der Waals surface area (Å²) in [6, 6.07) is 7.02. The first-order valence-electron chi connectivity index (χ1n) is 10.1. The SMILES string of the molecule is N[C@@H]1CCCC[C@H]1Nc1c(-c2nc3cc(Cl)ccc3[nH]2)c(=O)[nH]c2cc(F)c(F)cc12. The van der Waals surface area contributed by atoms with E-state index in [0.29, 0.717) is 33.0 Å². The summed E-state index contributed by atoms with van der Waals surface area (Å²) in [5, 5.41) is 4.23. The van der Waals surface area contributed by atoms with Gasteiger partial charge >= 0.3 is 0 Å². The molecule has 160 valence electrons. The second kappa shape index (κ2) is 7.62. The molecule has 4 aromatic rings. The number of hydrogen-bond acceptors (Lipinski definition) is 4. The maximum absolute atomic E-state index is 14.2. The van der Waals surface area contributed by atoms with E-state index in [1.807, 2.05) is 0 Å². The number of fused-ring (bicyclic) bond motifs is 2. The van der Waals surface area contributed by atoms with Crippen molar-refractivity contribution in [2.24, 2.45) is 5.73 Å². The topological polar surface area (TPSA) is 99.6 Å².